The Kier molecular flexibility index (Phi) is 7.53. The van der Waals surface area contributed by atoms with Gasteiger partial charge in [-0.2, -0.15) is 4.98 Å². The molecule has 0 radical (unpaired) electrons. The van der Waals surface area contributed by atoms with Crippen molar-refractivity contribution in [1.29, 1.82) is 0 Å². The van der Waals surface area contributed by atoms with E-state index < -0.39 is 34.3 Å². The van der Waals surface area contributed by atoms with Gasteiger partial charge in [0.15, 0.2) is 11.5 Å². The fourth-order valence-electron chi connectivity index (χ4n) is 5.79. The van der Waals surface area contributed by atoms with Crippen LogP contribution in [0, 0.1) is 18.6 Å². The summed E-state index contributed by atoms with van der Waals surface area (Å²) in [5, 5.41) is 10.7. The Hall–Kier alpha value is -4.67. The van der Waals surface area contributed by atoms with Crippen LogP contribution in [0.1, 0.15) is 44.9 Å². The Bertz CT molecular complexity index is 1760. The van der Waals surface area contributed by atoms with Crippen LogP contribution < -0.4 is 10.6 Å². The van der Waals surface area contributed by atoms with Gasteiger partial charge >= 0.3 is 5.69 Å². The van der Waals surface area contributed by atoms with E-state index in [1.807, 2.05) is 39.5 Å². The highest BCUT2D eigenvalue weighted by Crippen LogP contribution is 2.36. The minimum absolute atomic E-state index is 0.0342. The molecule has 1 aliphatic rings. The number of rotatable bonds is 5. The van der Waals surface area contributed by atoms with E-state index in [2.05, 4.69) is 21.5 Å². The first kappa shape index (κ1) is 28.8. The van der Waals surface area contributed by atoms with E-state index in [0.717, 1.165) is 6.07 Å². The van der Waals surface area contributed by atoms with Crippen LogP contribution in [0.4, 0.5) is 14.6 Å². The molecule has 5 rings (SSSR count). The summed E-state index contributed by atoms with van der Waals surface area (Å²) in [6.45, 7) is 13.7. The SMILES string of the molecule is C=CC(=O)N1C(C)CN(c2nc(=O)n(-c3c(C)ccnc3C(C)C)c3nc(-c4c(O)cccc4F)c(F)cc23)CC1C. The molecule has 11 heteroatoms. The van der Waals surface area contributed by atoms with Crippen LogP contribution in [0.5, 0.6) is 5.75 Å². The van der Waals surface area contributed by atoms with E-state index >= 15 is 4.39 Å². The molecular weight excluding hydrogens is 542 g/mol. The highest BCUT2D eigenvalue weighted by Gasteiger charge is 2.34. The molecule has 0 bridgehead atoms. The van der Waals surface area contributed by atoms with Crippen molar-refractivity contribution in [2.45, 2.75) is 52.6 Å². The topological polar surface area (TPSA) is 104 Å². The number of nitrogens with zero attached hydrogens (tertiary/aromatic N) is 6. The molecule has 1 saturated heterocycles. The van der Waals surface area contributed by atoms with Crippen molar-refractivity contribution in [2.24, 2.45) is 0 Å². The van der Waals surface area contributed by atoms with Crippen LogP contribution in [-0.4, -0.2) is 60.6 Å². The molecule has 1 amide bonds. The van der Waals surface area contributed by atoms with Crippen molar-refractivity contribution in [1.82, 2.24) is 24.4 Å². The largest absolute Gasteiger partial charge is 0.507 e. The number of anilines is 1. The van der Waals surface area contributed by atoms with Gasteiger partial charge in [-0.1, -0.05) is 26.5 Å². The first-order valence-corrected chi connectivity index (χ1v) is 13.7. The molecule has 1 aliphatic heterocycles. The molecule has 1 fully saturated rings. The lowest BCUT2D eigenvalue weighted by Gasteiger charge is -2.44. The molecule has 218 valence electrons. The predicted molar refractivity (Wildman–Crippen MR) is 157 cm³/mol. The lowest BCUT2D eigenvalue weighted by atomic mass is 10.0. The number of phenolic OH excluding ortho intramolecular Hbond substituents is 1. The van der Waals surface area contributed by atoms with E-state index in [1.165, 1.54) is 28.8 Å². The van der Waals surface area contributed by atoms with Crippen molar-refractivity contribution in [3.63, 3.8) is 0 Å². The van der Waals surface area contributed by atoms with Gasteiger partial charge in [-0.15, -0.1) is 0 Å². The monoisotopic (exact) mass is 574 g/mol. The molecule has 4 heterocycles. The Morgan fingerprint density at radius 2 is 1.81 bits per heavy atom. The summed E-state index contributed by atoms with van der Waals surface area (Å²) < 4.78 is 32.1. The van der Waals surface area contributed by atoms with Gasteiger partial charge < -0.3 is 14.9 Å². The van der Waals surface area contributed by atoms with Gasteiger partial charge in [-0.3, -0.25) is 9.78 Å². The molecule has 9 nitrogen and oxygen atoms in total. The lowest BCUT2D eigenvalue weighted by Crippen LogP contribution is -2.58. The number of phenols is 1. The second kappa shape index (κ2) is 11.0. The number of halogens is 2. The van der Waals surface area contributed by atoms with Gasteiger partial charge in [0.05, 0.1) is 22.3 Å². The number of fused-ring (bicyclic) bond motifs is 1. The average Bonchev–Trinajstić information content (AvgIpc) is 2.92. The normalized spacial score (nSPS) is 17.2. The van der Waals surface area contributed by atoms with Gasteiger partial charge in [0.1, 0.15) is 23.1 Å². The standard InChI is InChI=1S/C31H32F2N6O3/c1-7-24(41)38-18(5)14-37(15-19(38)6)29-20-13-22(33)27(25-21(32)9-8-10-23(25)40)35-30(20)39(31(42)36-29)28-17(4)11-12-34-26(28)16(2)3/h7-13,16,18-19,40H,1,14-15H2,2-6H3. The number of carbonyl (C=O) groups is 1. The molecule has 0 spiro atoms. The molecule has 1 N–H and O–H groups in total. The Labute approximate surface area is 241 Å². The Morgan fingerprint density at radius 3 is 2.43 bits per heavy atom. The maximum atomic E-state index is 15.9. The highest BCUT2D eigenvalue weighted by atomic mass is 19.1. The van der Waals surface area contributed by atoms with E-state index in [-0.39, 0.29) is 40.8 Å². The number of hydrogen-bond donors (Lipinski definition) is 1. The zero-order chi connectivity index (χ0) is 30.5. The summed E-state index contributed by atoms with van der Waals surface area (Å²) in [6.07, 6.45) is 2.91. The fourth-order valence-corrected chi connectivity index (χ4v) is 5.79. The van der Waals surface area contributed by atoms with Crippen LogP contribution >= 0.6 is 0 Å². The number of amides is 1. The number of aromatic hydroxyl groups is 1. The van der Waals surface area contributed by atoms with E-state index in [9.17, 15) is 19.1 Å². The minimum atomic E-state index is -0.898. The van der Waals surface area contributed by atoms with Crippen molar-refractivity contribution in [3.8, 4) is 22.7 Å². The van der Waals surface area contributed by atoms with Gasteiger partial charge in [0.25, 0.3) is 0 Å². The van der Waals surface area contributed by atoms with Gasteiger partial charge in [-0.05, 0) is 62.6 Å². The third kappa shape index (κ3) is 4.78. The average molecular weight is 575 g/mol. The van der Waals surface area contributed by atoms with Gasteiger partial charge in [-0.25, -0.2) is 23.1 Å². The number of pyridine rings is 2. The maximum absolute atomic E-state index is 15.9. The summed E-state index contributed by atoms with van der Waals surface area (Å²) in [5.74, 6) is -2.36. The van der Waals surface area contributed by atoms with Crippen LogP contribution in [0.25, 0.3) is 28.0 Å². The first-order chi connectivity index (χ1) is 19.9. The fraction of sp³-hybridized carbons (Fsp3) is 0.323. The lowest BCUT2D eigenvalue weighted by molar-refractivity contribution is -0.130. The van der Waals surface area contributed by atoms with Crippen LogP contribution in [-0.2, 0) is 4.79 Å². The van der Waals surface area contributed by atoms with E-state index in [1.54, 1.807) is 17.2 Å². The second-order valence-corrected chi connectivity index (χ2v) is 10.9. The molecule has 3 aromatic heterocycles. The summed E-state index contributed by atoms with van der Waals surface area (Å²) in [6, 6.07) is 6.03. The molecule has 0 saturated carbocycles. The van der Waals surface area contributed by atoms with Crippen LogP contribution in [0.3, 0.4) is 0 Å². The quantitative estimate of drug-likeness (QED) is 0.339. The number of hydrogen-bond acceptors (Lipinski definition) is 7. The number of aromatic nitrogens is 4. The number of piperazine rings is 1. The maximum Gasteiger partial charge on any atom is 0.355 e. The van der Waals surface area contributed by atoms with Crippen molar-refractivity contribution >= 4 is 22.8 Å². The molecule has 2 atom stereocenters. The molecule has 2 unspecified atom stereocenters. The zero-order valence-electron chi connectivity index (χ0n) is 24.1. The smallest absolute Gasteiger partial charge is 0.355 e. The Balaban J connectivity index is 1.83. The van der Waals surface area contributed by atoms with Gasteiger partial charge in [0, 0.05) is 31.4 Å². The number of carbonyl (C=O) groups excluding carboxylic acids is 1. The van der Waals surface area contributed by atoms with Crippen molar-refractivity contribution in [2.75, 3.05) is 18.0 Å². The third-order valence-corrected chi connectivity index (χ3v) is 7.60. The second-order valence-electron chi connectivity index (χ2n) is 10.9. The third-order valence-electron chi connectivity index (χ3n) is 7.60. The van der Waals surface area contributed by atoms with E-state index in [0.29, 0.717) is 30.0 Å². The summed E-state index contributed by atoms with van der Waals surface area (Å²) >= 11 is 0. The summed E-state index contributed by atoms with van der Waals surface area (Å²) in [4.78, 5) is 43.4. The summed E-state index contributed by atoms with van der Waals surface area (Å²) in [7, 11) is 0. The molecule has 1 aromatic carbocycles. The molecular formula is C31H32F2N6O3. The Morgan fingerprint density at radius 1 is 1.12 bits per heavy atom. The summed E-state index contributed by atoms with van der Waals surface area (Å²) in [5.41, 5.74) is 0.266. The van der Waals surface area contributed by atoms with Gasteiger partial charge in [0.2, 0.25) is 5.91 Å². The number of benzene rings is 1. The highest BCUT2D eigenvalue weighted by molar-refractivity contribution is 5.91. The first-order valence-electron chi connectivity index (χ1n) is 13.7. The predicted octanol–water partition coefficient (Wildman–Crippen LogP) is 4.87. The number of aryl methyl sites for hydroxylation is 1. The van der Waals surface area contributed by atoms with Crippen molar-refractivity contribution < 1.29 is 18.7 Å². The van der Waals surface area contributed by atoms with Crippen LogP contribution in [0.15, 0.2) is 54.0 Å². The minimum Gasteiger partial charge on any atom is -0.507 e. The van der Waals surface area contributed by atoms with Crippen LogP contribution in [0.2, 0.25) is 0 Å². The molecule has 4 aromatic rings. The zero-order valence-corrected chi connectivity index (χ0v) is 24.1. The molecule has 42 heavy (non-hydrogen) atoms. The van der Waals surface area contributed by atoms with Crippen molar-refractivity contribution in [3.05, 3.63) is 82.6 Å². The molecule has 0 aliphatic carbocycles. The van der Waals surface area contributed by atoms with E-state index in [4.69, 9.17) is 0 Å².